The van der Waals surface area contributed by atoms with E-state index in [2.05, 4.69) is 15.3 Å². The van der Waals surface area contributed by atoms with Crippen LogP contribution in [0.2, 0.25) is 0 Å². The summed E-state index contributed by atoms with van der Waals surface area (Å²) in [5, 5.41) is 3.07. The molecule has 0 radical (unpaired) electrons. The second kappa shape index (κ2) is 6.47. The Morgan fingerprint density at radius 3 is 2.57 bits per heavy atom. The third-order valence-corrected chi connectivity index (χ3v) is 2.70. The number of nitrogens with zero attached hydrogens (tertiary/aromatic N) is 2. The van der Waals surface area contributed by atoms with E-state index in [0.29, 0.717) is 18.2 Å². The van der Waals surface area contributed by atoms with E-state index >= 15 is 0 Å². The minimum absolute atomic E-state index is 0.0766. The second-order valence-corrected chi connectivity index (χ2v) is 4.81. The summed E-state index contributed by atoms with van der Waals surface area (Å²) in [5.41, 5.74) is 0. The van der Waals surface area contributed by atoms with Crippen LogP contribution in [0.1, 0.15) is 32.5 Å². The number of hydrogen-bond acceptors (Lipinski definition) is 4. The molecule has 0 bridgehead atoms. The van der Waals surface area contributed by atoms with Crippen LogP contribution in [0.25, 0.3) is 0 Å². The van der Waals surface area contributed by atoms with Crippen molar-refractivity contribution in [2.75, 3.05) is 11.9 Å². The zero-order valence-corrected chi connectivity index (χ0v) is 12.2. The molecule has 0 fully saturated rings. The zero-order valence-electron chi connectivity index (χ0n) is 12.2. The van der Waals surface area contributed by atoms with Gasteiger partial charge in [0, 0.05) is 24.6 Å². The molecule has 0 amide bonds. The number of ether oxygens (including phenoxy) is 1. The Morgan fingerprint density at radius 1 is 1.19 bits per heavy atom. The van der Waals surface area contributed by atoms with E-state index in [1.165, 1.54) is 6.07 Å². The van der Waals surface area contributed by atoms with Crippen LogP contribution < -0.4 is 10.1 Å². The molecule has 0 aliphatic rings. The number of hydrogen-bond donors (Lipinski definition) is 1. The molecule has 4 nitrogen and oxygen atoms in total. The van der Waals surface area contributed by atoms with Crippen molar-refractivity contribution in [3.8, 4) is 11.6 Å². The lowest BCUT2D eigenvalue weighted by atomic mass is 10.2. The van der Waals surface area contributed by atoms with Gasteiger partial charge >= 0.3 is 0 Å². The number of rotatable bonds is 5. The first-order chi connectivity index (χ1) is 9.99. The van der Waals surface area contributed by atoms with Gasteiger partial charge in [-0.1, -0.05) is 13.8 Å². The van der Waals surface area contributed by atoms with Gasteiger partial charge in [-0.2, -0.15) is 4.98 Å². The molecule has 2 rings (SSSR count). The SMILES string of the molecule is CCNc1cc(Oc2ccc(F)cc2F)nc(C(C)C)n1. The minimum atomic E-state index is -0.773. The van der Waals surface area contributed by atoms with Crippen LogP contribution >= 0.6 is 0 Å². The monoisotopic (exact) mass is 293 g/mol. The van der Waals surface area contributed by atoms with Gasteiger partial charge in [0.25, 0.3) is 0 Å². The largest absolute Gasteiger partial charge is 0.436 e. The summed E-state index contributed by atoms with van der Waals surface area (Å²) in [6.07, 6.45) is 0. The van der Waals surface area contributed by atoms with Gasteiger partial charge in [-0.15, -0.1) is 0 Å². The summed E-state index contributed by atoms with van der Waals surface area (Å²) in [6.45, 7) is 6.54. The Kier molecular flexibility index (Phi) is 4.67. The molecule has 6 heteroatoms. The quantitative estimate of drug-likeness (QED) is 0.901. The fraction of sp³-hybridized carbons (Fsp3) is 0.333. The Hall–Kier alpha value is -2.24. The number of benzene rings is 1. The Labute approximate surface area is 122 Å². The van der Waals surface area contributed by atoms with Gasteiger partial charge in [0.2, 0.25) is 5.88 Å². The van der Waals surface area contributed by atoms with Crippen molar-refractivity contribution in [1.29, 1.82) is 0 Å². The molecule has 1 heterocycles. The Morgan fingerprint density at radius 2 is 1.95 bits per heavy atom. The lowest BCUT2D eigenvalue weighted by molar-refractivity contribution is 0.420. The molecule has 0 spiro atoms. The molecule has 0 saturated heterocycles. The van der Waals surface area contributed by atoms with Crippen molar-refractivity contribution in [2.45, 2.75) is 26.7 Å². The predicted molar refractivity (Wildman–Crippen MR) is 76.7 cm³/mol. The highest BCUT2D eigenvalue weighted by Crippen LogP contribution is 2.26. The first kappa shape index (κ1) is 15.2. The number of halogens is 2. The minimum Gasteiger partial charge on any atom is -0.436 e. The van der Waals surface area contributed by atoms with Gasteiger partial charge in [-0.25, -0.2) is 13.8 Å². The molecule has 21 heavy (non-hydrogen) atoms. The highest BCUT2D eigenvalue weighted by atomic mass is 19.1. The maximum absolute atomic E-state index is 13.6. The topological polar surface area (TPSA) is 47.0 Å². The fourth-order valence-electron chi connectivity index (χ4n) is 1.70. The Balaban J connectivity index is 2.33. The van der Waals surface area contributed by atoms with Gasteiger partial charge < -0.3 is 10.1 Å². The van der Waals surface area contributed by atoms with Crippen molar-refractivity contribution >= 4 is 5.82 Å². The molecular formula is C15H17F2N3O. The first-order valence-corrected chi connectivity index (χ1v) is 6.75. The number of anilines is 1. The first-order valence-electron chi connectivity index (χ1n) is 6.75. The third kappa shape index (κ3) is 3.87. The molecule has 0 unspecified atom stereocenters. The smallest absolute Gasteiger partial charge is 0.224 e. The summed E-state index contributed by atoms with van der Waals surface area (Å²) in [4.78, 5) is 8.59. The van der Waals surface area contributed by atoms with Gasteiger partial charge in [-0.05, 0) is 19.1 Å². The third-order valence-electron chi connectivity index (χ3n) is 2.70. The van der Waals surface area contributed by atoms with Crippen LogP contribution in [0, 0.1) is 11.6 Å². The van der Waals surface area contributed by atoms with E-state index in [1.54, 1.807) is 6.07 Å². The normalized spacial score (nSPS) is 10.8. The van der Waals surface area contributed by atoms with Crippen LogP contribution in [0.3, 0.4) is 0 Å². The second-order valence-electron chi connectivity index (χ2n) is 4.81. The fourth-order valence-corrected chi connectivity index (χ4v) is 1.70. The number of aromatic nitrogens is 2. The van der Waals surface area contributed by atoms with E-state index in [-0.39, 0.29) is 17.5 Å². The molecule has 1 aromatic carbocycles. The van der Waals surface area contributed by atoms with Crippen LogP contribution in [0.4, 0.5) is 14.6 Å². The molecular weight excluding hydrogens is 276 g/mol. The summed E-state index contributed by atoms with van der Waals surface area (Å²) < 4.78 is 31.9. The molecule has 112 valence electrons. The Bertz CT molecular complexity index is 632. The highest BCUT2D eigenvalue weighted by Gasteiger charge is 2.12. The van der Waals surface area contributed by atoms with Crippen molar-refractivity contribution in [2.24, 2.45) is 0 Å². The molecule has 2 aromatic rings. The zero-order chi connectivity index (χ0) is 15.4. The summed E-state index contributed by atoms with van der Waals surface area (Å²) in [6, 6.07) is 4.71. The van der Waals surface area contributed by atoms with E-state index in [9.17, 15) is 8.78 Å². The molecule has 1 N–H and O–H groups in total. The van der Waals surface area contributed by atoms with Crippen LogP contribution in [-0.2, 0) is 0 Å². The predicted octanol–water partition coefficient (Wildman–Crippen LogP) is 4.10. The standard InChI is InChI=1S/C15H17F2N3O/c1-4-18-13-8-14(20-15(19-13)9(2)3)21-12-6-5-10(16)7-11(12)17/h5-9H,4H2,1-3H3,(H,18,19,20). The summed E-state index contributed by atoms with van der Waals surface area (Å²) >= 11 is 0. The number of nitrogens with one attached hydrogen (secondary N) is 1. The highest BCUT2D eigenvalue weighted by molar-refractivity contribution is 5.40. The van der Waals surface area contributed by atoms with Crippen molar-refractivity contribution in [3.05, 3.63) is 41.7 Å². The van der Waals surface area contributed by atoms with Gasteiger partial charge in [0.1, 0.15) is 17.5 Å². The van der Waals surface area contributed by atoms with Crippen LogP contribution in [-0.4, -0.2) is 16.5 Å². The molecule has 0 atom stereocenters. The summed E-state index contributed by atoms with van der Waals surface area (Å²) in [7, 11) is 0. The van der Waals surface area contributed by atoms with Crippen LogP contribution in [0.15, 0.2) is 24.3 Å². The van der Waals surface area contributed by atoms with Crippen molar-refractivity contribution in [3.63, 3.8) is 0 Å². The average Bonchev–Trinajstić information content (AvgIpc) is 2.42. The maximum Gasteiger partial charge on any atom is 0.224 e. The van der Waals surface area contributed by atoms with Crippen LogP contribution in [0.5, 0.6) is 11.6 Å². The molecule has 0 aliphatic carbocycles. The van der Waals surface area contributed by atoms with Crippen molar-refractivity contribution in [1.82, 2.24) is 9.97 Å². The average molecular weight is 293 g/mol. The maximum atomic E-state index is 13.6. The van der Waals surface area contributed by atoms with E-state index in [4.69, 9.17) is 4.74 Å². The molecule has 1 aromatic heterocycles. The van der Waals surface area contributed by atoms with Crippen molar-refractivity contribution < 1.29 is 13.5 Å². The van der Waals surface area contributed by atoms with E-state index in [0.717, 1.165) is 12.1 Å². The lowest BCUT2D eigenvalue weighted by Gasteiger charge is -2.12. The molecule has 0 aliphatic heterocycles. The summed E-state index contributed by atoms with van der Waals surface area (Å²) in [5.74, 6) is 0.00887. The van der Waals surface area contributed by atoms with E-state index < -0.39 is 11.6 Å². The van der Waals surface area contributed by atoms with Gasteiger partial charge in [0.05, 0.1) is 0 Å². The van der Waals surface area contributed by atoms with E-state index in [1.807, 2.05) is 20.8 Å². The van der Waals surface area contributed by atoms with Gasteiger partial charge in [-0.3, -0.25) is 0 Å². The van der Waals surface area contributed by atoms with Gasteiger partial charge in [0.15, 0.2) is 11.6 Å². The lowest BCUT2D eigenvalue weighted by Crippen LogP contribution is -2.06. The molecule has 0 saturated carbocycles.